The van der Waals surface area contributed by atoms with Crippen LogP contribution < -0.4 is 10.6 Å². The van der Waals surface area contributed by atoms with E-state index in [4.69, 9.17) is 0 Å². The third-order valence-corrected chi connectivity index (χ3v) is 3.74. The van der Waals surface area contributed by atoms with E-state index in [1.165, 1.54) is 19.3 Å². The number of amides is 1. The molecule has 4 nitrogen and oxygen atoms in total. The fraction of sp³-hybridized carbons (Fsp3) is 0.923. The minimum Gasteiger partial charge on any atom is -0.391 e. The number of rotatable bonds is 5. The van der Waals surface area contributed by atoms with Gasteiger partial charge in [0, 0.05) is 0 Å². The zero-order valence-corrected chi connectivity index (χ0v) is 10.5. The molecule has 98 valence electrons. The Morgan fingerprint density at radius 1 is 1.12 bits per heavy atom. The maximum atomic E-state index is 11.7. The lowest BCUT2D eigenvalue weighted by atomic mass is 10.1. The minimum absolute atomic E-state index is 0.0246. The average Bonchev–Trinajstić information content (AvgIpc) is 3.10. The van der Waals surface area contributed by atoms with Crippen LogP contribution in [0.15, 0.2) is 0 Å². The topological polar surface area (TPSA) is 61.4 Å². The Hall–Kier alpha value is -0.610. The highest BCUT2D eigenvalue weighted by Crippen LogP contribution is 2.27. The Bertz CT molecular complexity index is 254. The molecule has 2 unspecified atom stereocenters. The Kier molecular flexibility index (Phi) is 4.80. The molecule has 2 saturated carbocycles. The summed E-state index contributed by atoms with van der Waals surface area (Å²) < 4.78 is 0. The number of hydrogen-bond acceptors (Lipinski definition) is 3. The number of carbonyl (C=O) groups is 1. The van der Waals surface area contributed by atoms with Crippen molar-refractivity contribution in [2.45, 2.75) is 57.1 Å². The first-order chi connectivity index (χ1) is 8.25. The molecule has 0 heterocycles. The first-order valence-corrected chi connectivity index (χ1v) is 6.94. The molecule has 2 fully saturated rings. The summed E-state index contributed by atoms with van der Waals surface area (Å²) in [5, 5.41) is 16.0. The number of aliphatic hydroxyl groups excluding tert-OH is 1. The molecule has 2 aliphatic rings. The summed E-state index contributed by atoms with van der Waals surface area (Å²) in [6.45, 7) is 1.35. The lowest BCUT2D eigenvalue weighted by molar-refractivity contribution is -0.121. The molecule has 0 aromatic carbocycles. The van der Waals surface area contributed by atoms with E-state index in [1.807, 2.05) is 0 Å². The summed E-state index contributed by atoms with van der Waals surface area (Å²) >= 11 is 0. The maximum absolute atomic E-state index is 11.7. The summed E-state index contributed by atoms with van der Waals surface area (Å²) in [6, 6.07) is -0.0345. The van der Waals surface area contributed by atoms with Crippen LogP contribution in [-0.4, -0.2) is 36.2 Å². The molecule has 0 saturated heterocycles. The number of nitrogens with one attached hydrogen (secondary N) is 2. The fourth-order valence-corrected chi connectivity index (χ4v) is 2.43. The van der Waals surface area contributed by atoms with Gasteiger partial charge in [-0.05, 0) is 38.1 Å². The molecule has 17 heavy (non-hydrogen) atoms. The van der Waals surface area contributed by atoms with E-state index in [1.54, 1.807) is 0 Å². The van der Waals surface area contributed by atoms with Crippen molar-refractivity contribution < 1.29 is 9.90 Å². The van der Waals surface area contributed by atoms with E-state index in [9.17, 15) is 9.90 Å². The highest BCUT2D eigenvalue weighted by Gasteiger charge is 2.24. The van der Waals surface area contributed by atoms with Gasteiger partial charge in [-0.3, -0.25) is 4.79 Å². The van der Waals surface area contributed by atoms with Crippen LogP contribution in [0.25, 0.3) is 0 Å². The third-order valence-electron chi connectivity index (χ3n) is 3.74. The summed E-state index contributed by atoms with van der Waals surface area (Å²) in [6.07, 6.45) is 7.33. The van der Waals surface area contributed by atoms with Gasteiger partial charge in [0.2, 0.25) is 5.91 Å². The van der Waals surface area contributed by atoms with Crippen molar-refractivity contribution in [1.82, 2.24) is 10.6 Å². The lowest BCUT2D eigenvalue weighted by Gasteiger charge is -2.21. The van der Waals surface area contributed by atoms with Gasteiger partial charge in [0.05, 0.1) is 18.7 Å². The van der Waals surface area contributed by atoms with Gasteiger partial charge in [-0.15, -0.1) is 0 Å². The second-order valence-electron chi connectivity index (χ2n) is 5.45. The van der Waals surface area contributed by atoms with E-state index in [2.05, 4.69) is 10.6 Å². The second-order valence-corrected chi connectivity index (χ2v) is 5.45. The van der Waals surface area contributed by atoms with Gasteiger partial charge in [0.15, 0.2) is 0 Å². The lowest BCUT2D eigenvalue weighted by Crippen LogP contribution is -2.46. The van der Waals surface area contributed by atoms with Gasteiger partial charge in [0.1, 0.15) is 0 Å². The van der Waals surface area contributed by atoms with Crippen LogP contribution >= 0.6 is 0 Å². The third kappa shape index (κ3) is 4.64. The molecule has 0 aromatic heterocycles. The van der Waals surface area contributed by atoms with Crippen LogP contribution in [0.1, 0.15) is 44.9 Å². The quantitative estimate of drug-likeness (QED) is 0.623. The van der Waals surface area contributed by atoms with Crippen LogP contribution in [-0.2, 0) is 4.79 Å². The van der Waals surface area contributed by atoms with Crippen molar-refractivity contribution in [1.29, 1.82) is 0 Å². The van der Waals surface area contributed by atoms with Gasteiger partial charge in [-0.2, -0.15) is 0 Å². The van der Waals surface area contributed by atoms with Crippen LogP contribution in [0.2, 0.25) is 0 Å². The van der Waals surface area contributed by atoms with Gasteiger partial charge < -0.3 is 15.7 Å². The molecule has 2 rings (SSSR count). The van der Waals surface area contributed by atoms with Crippen molar-refractivity contribution in [3.05, 3.63) is 0 Å². The van der Waals surface area contributed by atoms with Gasteiger partial charge in [0.25, 0.3) is 0 Å². The SMILES string of the molecule is O=C(CNCC1CC1)NC1CCCCCC1O. The monoisotopic (exact) mass is 240 g/mol. The van der Waals surface area contributed by atoms with Crippen molar-refractivity contribution in [3.8, 4) is 0 Å². The highest BCUT2D eigenvalue weighted by atomic mass is 16.3. The van der Waals surface area contributed by atoms with Gasteiger partial charge >= 0.3 is 0 Å². The summed E-state index contributed by atoms with van der Waals surface area (Å²) in [5.41, 5.74) is 0. The van der Waals surface area contributed by atoms with Gasteiger partial charge in [-0.1, -0.05) is 19.3 Å². The zero-order valence-electron chi connectivity index (χ0n) is 10.5. The molecule has 0 aliphatic heterocycles. The second kappa shape index (κ2) is 6.36. The molecule has 0 aromatic rings. The molecule has 2 aliphatic carbocycles. The highest BCUT2D eigenvalue weighted by molar-refractivity contribution is 5.78. The van der Waals surface area contributed by atoms with Crippen molar-refractivity contribution in [2.24, 2.45) is 5.92 Å². The molecule has 0 radical (unpaired) electrons. The Morgan fingerprint density at radius 2 is 1.88 bits per heavy atom. The molecule has 0 spiro atoms. The number of hydrogen-bond donors (Lipinski definition) is 3. The molecule has 1 amide bonds. The van der Waals surface area contributed by atoms with E-state index in [-0.39, 0.29) is 18.1 Å². The molecule has 3 N–H and O–H groups in total. The molecule has 0 bridgehead atoms. The Labute approximate surface area is 103 Å². The van der Waals surface area contributed by atoms with Gasteiger partial charge in [-0.25, -0.2) is 0 Å². The van der Waals surface area contributed by atoms with Crippen LogP contribution in [0, 0.1) is 5.92 Å². The first-order valence-electron chi connectivity index (χ1n) is 6.94. The fourth-order valence-electron chi connectivity index (χ4n) is 2.43. The van der Waals surface area contributed by atoms with E-state index >= 15 is 0 Å². The van der Waals surface area contributed by atoms with E-state index in [0.29, 0.717) is 6.54 Å². The molecular weight excluding hydrogens is 216 g/mol. The Balaban J connectivity index is 1.64. The van der Waals surface area contributed by atoms with Crippen LogP contribution in [0.5, 0.6) is 0 Å². The van der Waals surface area contributed by atoms with Crippen molar-refractivity contribution in [3.63, 3.8) is 0 Å². The predicted molar refractivity (Wildman–Crippen MR) is 66.6 cm³/mol. The predicted octanol–water partition coefficient (Wildman–Crippen LogP) is 0.796. The van der Waals surface area contributed by atoms with Crippen LogP contribution in [0.4, 0.5) is 0 Å². The van der Waals surface area contributed by atoms with Crippen molar-refractivity contribution in [2.75, 3.05) is 13.1 Å². The first kappa shape index (κ1) is 12.8. The Morgan fingerprint density at radius 3 is 2.65 bits per heavy atom. The van der Waals surface area contributed by atoms with Crippen molar-refractivity contribution >= 4 is 5.91 Å². The maximum Gasteiger partial charge on any atom is 0.234 e. The largest absolute Gasteiger partial charge is 0.391 e. The zero-order chi connectivity index (χ0) is 12.1. The molecule has 4 heteroatoms. The van der Waals surface area contributed by atoms with E-state index < -0.39 is 0 Å². The molecular formula is C13H24N2O2. The average molecular weight is 240 g/mol. The minimum atomic E-state index is -0.357. The number of aliphatic hydroxyl groups is 1. The summed E-state index contributed by atoms with van der Waals surface area (Å²) in [5.74, 6) is 0.822. The summed E-state index contributed by atoms with van der Waals surface area (Å²) in [4.78, 5) is 11.7. The normalized spacial score (nSPS) is 29.7. The van der Waals surface area contributed by atoms with E-state index in [0.717, 1.165) is 38.1 Å². The standard InChI is InChI=1S/C13H24N2O2/c16-12-5-3-1-2-4-11(12)15-13(17)9-14-8-10-6-7-10/h10-12,14,16H,1-9H2,(H,15,17). The smallest absolute Gasteiger partial charge is 0.234 e. The number of carbonyl (C=O) groups excluding carboxylic acids is 1. The molecule has 2 atom stereocenters. The summed E-state index contributed by atoms with van der Waals surface area (Å²) in [7, 11) is 0. The van der Waals surface area contributed by atoms with Crippen LogP contribution in [0.3, 0.4) is 0 Å².